The Kier molecular flexibility index (Phi) is 4.76. The van der Waals surface area contributed by atoms with Gasteiger partial charge in [-0.2, -0.15) is 0 Å². The van der Waals surface area contributed by atoms with Crippen molar-refractivity contribution in [3.8, 4) is 0 Å². The SMILES string of the molecule is CCC1CN(CC(=O)N2CCNCC2)CCO1. The lowest BCUT2D eigenvalue weighted by atomic mass is 10.2. The standard InChI is InChI=1S/C12H23N3O2/c1-2-11-9-14(7-8-17-11)10-12(16)15-5-3-13-4-6-15/h11,13H,2-10H2,1H3. The second kappa shape index (κ2) is 6.33. The fourth-order valence-electron chi connectivity index (χ4n) is 2.38. The van der Waals surface area contributed by atoms with Crippen molar-refractivity contribution in [2.45, 2.75) is 19.4 Å². The van der Waals surface area contributed by atoms with E-state index in [-0.39, 0.29) is 5.91 Å². The summed E-state index contributed by atoms with van der Waals surface area (Å²) in [6.45, 7) is 8.77. The minimum absolute atomic E-state index is 0.267. The Bertz CT molecular complexity index is 254. The van der Waals surface area contributed by atoms with Gasteiger partial charge in [-0.1, -0.05) is 6.92 Å². The molecule has 0 aromatic rings. The number of amides is 1. The van der Waals surface area contributed by atoms with Crippen molar-refractivity contribution in [1.29, 1.82) is 0 Å². The maximum Gasteiger partial charge on any atom is 0.236 e. The number of ether oxygens (including phenoxy) is 1. The molecule has 1 N–H and O–H groups in total. The maximum atomic E-state index is 12.1. The zero-order valence-electron chi connectivity index (χ0n) is 10.7. The lowest BCUT2D eigenvalue weighted by Gasteiger charge is -2.34. The summed E-state index contributed by atoms with van der Waals surface area (Å²) in [5.41, 5.74) is 0. The average Bonchev–Trinajstić information content (AvgIpc) is 2.40. The molecule has 0 aromatic heterocycles. The molecule has 2 aliphatic heterocycles. The van der Waals surface area contributed by atoms with Crippen LogP contribution in [0, 0.1) is 0 Å². The number of piperazine rings is 1. The van der Waals surface area contributed by atoms with Crippen LogP contribution in [-0.2, 0) is 9.53 Å². The van der Waals surface area contributed by atoms with Crippen molar-refractivity contribution in [1.82, 2.24) is 15.1 Å². The molecule has 1 unspecified atom stereocenters. The molecular weight excluding hydrogens is 218 g/mol. The molecule has 17 heavy (non-hydrogen) atoms. The van der Waals surface area contributed by atoms with Crippen LogP contribution in [0.3, 0.4) is 0 Å². The van der Waals surface area contributed by atoms with E-state index in [4.69, 9.17) is 4.74 Å². The summed E-state index contributed by atoms with van der Waals surface area (Å²) >= 11 is 0. The molecule has 0 saturated carbocycles. The van der Waals surface area contributed by atoms with Crippen molar-refractivity contribution in [2.75, 3.05) is 52.4 Å². The molecule has 2 rings (SSSR count). The third-order valence-electron chi connectivity index (χ3n) is 3.51. The van der Waals surface area contributed by atoms with E-state index in [1.807, 2.05) is 4.90 Å². The van der Waals surface area contributed by atoms with Gasteiger partial charge in [0.05, 0.1) is 19.3 Å². The van der Waals surface area contributed by atoms with Crippen LogP contribution in [0.15, 0.2) is 0 Å². The van der Waals surface area contributed by atoms with Gasteiger partial charge in [0.15, 0.2) is 0 Å². The molecule has 2 saturated heterocycles. The summed E-state index contributed by atoms with van der Waals surface area (Å²) in [6.07, 6.45) is 1.33. The summed E-state index contributed by atoms with van der Waals surface area (Å²) in [5, 5.41) is 3.26. The van der Waals surface area contributed by atoms with Crippen LogP contribution in [0.1, 0.15) is 13.3 Å². The van der Waals surface area contributed by atoms with Crippen molar-refractivity contribution < 1.29 is 9.53 Å². The first-order valence-electron chi connectivity index (χ1n) is 6.62. The molecule has 5 heteroatoms. The molecule has 0 aliphatic carbocycles. The van der Waals surface area contributed by atoms with E-state index in [9.17, 15) is 4.79 Å². The number of hydrogen-bond acceptors (Lipinski definition) is 4. The quantitative estimate of drug-likeness (QED) is 0.725. The van der Waals surface area contributed by atoms with Gasteiger partial charge in [0.1, 0.15) is 0 Å². The first-order chi connectivity index (χ1) is 8.29. The lowest BCUT2D eigenvalue weighted by molar-refractivity contribution is -0.135. The third kappa shape index (κ3) is 3.66. The van der Waals surface area contributed by atoms with E-state index in [2.05, 4.69) is 17.1 Å². The zero-order valence-corrected chi connectivity index (χ0v) is 10.7. The molecule has 1 amide bonds. The van der Waals surface area contributed by atoms with Gasteiger partial charge in [0, 0.05) is 39.3 Å². The molecule has 0 spiro atoms. The number of rotatable bonds is 3. The Labute approximate surface area is 103 Å². The van der Waals surface area contributed by atoms with E-state index in [1.54, 1.807) is 0 Å². The fourth-order valence-corrected chi connectivity index (χ4v) is 2.38. The van der Waals surface area contributed by atoms with Gasteiger partial charge in [-0.25, -0.2) is 0 Å². The Morgan fingerprint density at radius 3 is 2.82 bits per heavy atom. The van der Waals surface area contributed by atoms with Crippen molar-refractivity contribution in [3.63, 3.8) is 0 Å². The van der Waals surface area contributed by atoms with E-state index >= 15 is 0 Å². The average molecular weight is 241 g/mol. The number of carbonyl (C=O) groups is 1. The highest BCUT2D eigenvalue weighted by Crippen LogP contribution is 2.08. The molecule has 2 fully saturated rings. The summed E-state index contributed by atoms with van der Waals surface area (Å²) in [5.74, 6) is 0.267. The topological polar surface area (TPSA) is 44.8 Å². The first kappa shape index (κ1) is 12.8. The predicted molar refractivity (Wildman–Crippen MR) is 65.9 cm³/mol. The second-order valence-electron chi connectivity index (χ2n) is 4.77. The first-order valence-corrected chi connectivity index (χ1v) is 6.62. The highest BCUT2D eigenvalue weighted by molar-refractivity contribution is 5.78. The zero-order chi connectivity index (χ0) is 12.1. The Morgan fingerprint density at radius 1 is 1.35 bits per heavy atom. The fraction of sp³-hybridized carbons (Fsp3) is 0.917. The number of carbonyl (C=O) groups excluding carboxylic acids is 1. The molecule has 2 heterocycles. The predicted octanol–water partition coefficient (Wildman–Crippen LogP) is -0.471. The van der Waals surface area contributed by atoms with E-state index in [0.717, 1.165) is 52.3 Å². The molecule has 0 bridgehead atoms. The Morgan fingerprint density at radius 2 is 2.12 bits per heavy atom. The van der Waals surface area contributed by atoms with Crippen LogP contribution in [0.5, 0.6) is 0 Å². The largest absolute Gasteiger partial charge is 0.376 e. The number of morpholine rings is 1. The van der Waals surface area contributed by atoms with Crippen LogP contribution in [0.4, 0.5) is 0 Å². The Balaban J connectivity index is 1.77. The molecule has 0 aromatic carbocycles. The van der Waals surface area contributed by atoms with Crippen LogP contribution < -0.4 is 5.32 Å². The molecule has 0 radical (unpaired) electrons. The van der Waals surface area contributed by atoms with Gasteiger partial charge in [-0.15, -0.1) is 0 Å². The van der Waals surface area contributed by atoms with Gasteiger partial charge < -0.3 is 15.0 Å². The van der Waals surface area contributed by atoms with Crippen LogP contribution in [-0.4, -0.2) is 74.2 Å². The highest BCUT2D eigenvalue weighted by Gasteiger charge is 2.23. The van der Waals surface area contributed by atoms with E-state index < -0.39 is 0 Å². The number of hydrogen-bond donors (Lipinski definition) is 1. The molecule has 1 atom stereocenters. The van der Waals surface area contributed by atoms with Crippen LogP contribution in [0.25, 0.3) is 0 Å². The smallest absolute Gasteiger partial charge is 0.236 e. The summed E-state index contributed by atoms with van der Waals surface area (Å²) in [7, 11) is 0. The van der Waals surface area contributed by atoms with Gasteiger partial charge in [0.2, 0.25) is 5.91 Å². The van der Waals surface area contributed by atoms with Crippen LogP contribution in [0.2, 0.25) is 0 Å². The highest BCUT2D eigenvalue weighted by atomic mass is 16.5. The van der Waals surface area contributed by atoms with Crippen molar-refractivity contribution in [3.05, 3.63) is 0 Å². The summed E-state index contributed by atoms with van der Waals surface area (Å²) in [4.78, 5) is 16.3. The molecular formula is C12H23N3O2. The Hall–Kier alpha value is -0.650. The summed E-state index contributed by atoms with van der Waals surface area (Å²) in [6, 6.07) is 0. The van der Waals surface area contributed by atoms with Crippen LogP contribution >= 0.6 is 0 Å². The lowest BCUT2D eigenvalue weighted by Crippen LogP contribution is -2.52. The van der Waals surface area contributed by atoms with Crippen molar-refractivity contribution >= 4 is 5.91 Å². The second-order valence-corrected chi connectivity index (χ2v) is 4.77. The molecule has 2 aliphatic rings. The van der Waals surface area contributed by atoms with Crippen molar-refractivity contribution in [2.24, 2.45) is 0 Å². The monoisotopic (exact) mass is 241 g/mol. The minimum atomic E-state index is 0.267. The van der Waals surface area contributed by atoms with Gasteiger partial charge >= 0.3 is 0 Å². The molecule has 5 nitrogen and oxygen atoms in total. The third-order valence-corrected chi connectivity index (χ3v) is 3.51. The number of nitrogens with zero attached hydrogens (tertiary/aromatic N) is 2. The van der Waals surface area contributed by atoms with E-state index in [0.29, 0.717) is 12.6 Å². The van der Waals surface area contributed by atoms with Gasteiger partial charge in [-0.05, 0) is 6.42 Å². The maximum absolute atomic E-state index is 12.1. The van der Waals surface area contributed by atoms with Gasteiger partial charge in [0.25, 0.3) is 0 Å². The number of nitrogens with one attached hydrogen (secondary N) is 1. The molecule has 98 valence electrons. The van der Waals surface area contributed by atoms with Gasteiger partial charge in [-0.3, -0.25) is 9.69 Å². The summed E-state index contributed by atoms with van der Waals surface area (Å²) < 4.78 is 5.61. The van der Waals surface area contributed by atoms with E-state index in [1.165, 1.54) is 0 Å². The minimum Gasteiger partial charge on any atom is -0.376 e. The normalized spacial score (nSPS) is 27.1.